The maximum absolute atomic E-state index is 12.7. The van der Waals surface area contributed by atoms with Crippen molar-refractivity contribution in [3.8, 4) is 0 Å². The van der Waals surface area contributed by atoms with Crippen molar-refractivity contribution in [2.24, 2.45) is 4.99 Å². The summed E-state index contributed by atoms with van der Waals surface area (Å²) in [5, 5.41) is 14.6. The smallest absolute Gasteiger partial charge is 0.355 e. The van der Waals surface area contributed by atoms with Crippen LogP contribution < -0.4 is 10.6 Å². The SMILES string of the molecule is CCc1nncn1CCNC(=NCCc1ccc(C(F)(F)F)cc1)NC(C)CC.I. The van der Waals surface area contributed by atoms with E-state index in [1.54, 1.807) is 6.33 Å². The van der Waals surface area contributed by atoms with Crippen LogP contribution in [0.5, 0.6) is 0 Å². The summed E-state index contributed by atoms with van der Waals surface area (Å²) in [5.41, 5.74) is 0.188. The van der Waals surface area contributed by atoms with Crippen LogP contribution in [0.1, 0.15) is 44.1 Å². The molecule has 0 fully saturated rings. The average molecular weight is 538 g/mol. The van der Waals surface area contributed by atoms with Gasteiger partial charge in [0, 0.05) is 32.1 Å². The van der Waals surface area contributed by atoms with Crippen molar-refractivity contribution >= 4 is 29.9 Å². The number of hydrogen-bond donors (Lipinski definition) is 2. The van der Waals surface area contributed by atoms with Gasteiger partial charge >= 0.3 is 6.18 Å². The Labute approximate surface area is 192 Å². The fraction of sp³-hybridized carbons (Fsp3) is 0.550. The molecule has 1 unspecified atom stereocenters. The highest BCUT2D eigenvalue weighted by atomic mass is 127. The number of benzene rings is 1. The Balaban J connectivity index is 0.00000450. The first-order chi connectivity index (χ1) is 13.8. The molecule has 0 saturated heterocycles. The van der Waals surface area contributed by atoms with Crippen molar-refractivity contribution in [3.05, 3.63) is 47.5 Å². The molecule has 0 aliphatic heterocycles. The van der Waals surface area contributed by atoms with Gasteiger partial charge in [0.05, 0.1) is 5.56 Å². The van der Waals surface area contributed by atoms with Crippen molar-refractivity contribution in [1.29, 1.82) is 0 Å². The van der Waals surface area contributed by atoms with Crippen molar-refractivity contribution in [1.82, 2.24) is 25.4 Å². The normalized spacial score (nSPS) is 12.9. The molecule has 2 rings (SSSR count). The summed E-state index contributed by atoms with van der Waals surface area (Å²) in [6, 6.07) is 5.49. The zero-order valence-corrected chi connectivity index (χ0v) is 19.9. The molecule has 2 aromatic rings. The molecule has 168 valence electrons. The van der Waals surface area contributed by atoms with Gasteiger partial charge in [-0.05, 0) is 37.5 Å². The van der Waals surface area contributed by atoms with Crippen LogP contribution in [-0.4, -0.2) is 39.9 Å². The summed E-state index contributed by atoms with van der Waals surface area (Å²) in [5.74, 6) is 1.62. The lowest BCUT2D eigenvalue weighted by Gasteiger charge is -2.17. The van der Waals surface area contributed by atoms with E-state index >= 15 is 0 Å². The van der Waals surface area contributed by atoms with Crippen LogP contribution in [-0.2, 0) is 25.6 Å². The van der Waals surface area contributed by atoms with E-state index in [2.05, 4.69) is 39.7 Å². The predicted octanol–water partition coefficient (Wildman–Crippen LogP) is 4.05. The maximum Gasteiger partial charge on any atom is 0.416 e. The summed E-state index contributed by atoms with van der Waals surface area (Å²) in [7, 11) is 0. The van der Waals surface area contributed by atoms with Crippen molar-refractivity contribution < 1.29 is 13.2 Å². The molecular formula is C20H30F3IN6. The van der Waals surface area contributed by atoms with E-state index in [0.29, 0.717) is 25.5 Å². The Bertz CT molecular complexity index is 774. The number of nitrogens with zero attached hydrogens (tertiary/aromatic N) is 4. The lowest BCUT2D eigenvalue weighted by Crippen LogP contribution is -2.43. The molecule has 0 bridgehead atoms. The molecule has 10 heteroatoms. The average Bonchev–Trinajstić information content (AvgIpc) is 3.15. The van der Waals surface area contributed by atoms with E-state index in [4.69, 9.17) is 0 Å². The quantitative estimate of drug-likeness (QED) is 0.287. The van der Waals surface area contributed by atoms with Crippen LogP contribution in [0.3, 0.4) is 0 Å². The number of rotatable bonds is 9. The van der Waals surface area contributed by atoms with Crippen LogP contribution in [0.25, 0.3) is 0 Å². The van der Waals surface area contributed by atoms with E-state index in [0.717, 1.165) is 42.9 Å². The van der Waals surface area contributed by atoms with E-state index in [1.165, 1.54) is 12.1 Å². The summed E-state index contributed by atoms with van der Waals surface area (Å²) in [6.45, 7) is 8.05. The summed E-state index contributed by atoms with van der Waals surface area (Å²) in [4.78, 5) is 4.57. The summed E-state index contributed by atoms with van der Waals surface area (Å²) < 4.78 is 40.0. The third-order valence-electron chi connectivity index (χ3n) is 4.60. The molecule has 0 aliphatic rings. The number of hydrogen-bond acceptors (Lipinski definition) is 3. The van der Waals surface area contributed by atoms with Crippen molar-refractivity contribution in [3.63, 3.8) is 0 Å². The van der Waals surface area contributed by atoms with Gasteiger partial charge in [-0.15, -0.1) is 34.2 Å². The molecule has 0 saturated carbocycles. The van der Waals surface area contributed by atoms with Gasteiger partial charge in [0.25, 0.3) is 0 Å². The molecule has 1 aromatic heterocycles. The van der Waals surface area contributed by atoms with Crippen molar-refractivity contribution in [2.45, 2.75) is 58.8 Å². The minimum absolute atomic E-state index is 0. The van der Waals surface area contributed by atoms with Crippen LogP contribution in [0.15, 0.2) is 35.6 Å². The molecule has 6 nitrogen and oxygen atoms in total. The second-order valence-electron chi connectivity index (χ2n) is 6.85. The van der Waals surface area contributed by atoms with Gasteiger partial charge in [0.2, 0.25) is 0 Å². The second kappa shape index (κ2) is 12.8. The highest BCUT2D eigenvalue weighted by Crippen LogP contribution is 2.29. The van der Waals surface area contributed by atoms with Gasteiger partial charge < -0.3 is 15.2 Å². The number of alkyl halides is 3. The zero-order chi connectivity index (χ0) is 21.3. The molecule has 0 spiro atoms. The molecule has 0 aliphatic carbocycles. The maximum atomic E-state index is 12.7. The number of aryl methyl sites for hydroxylation is 1. The standard InChI is InChI=1S/C20H29F3N6.HI/c1-4-15(3)27-19(25-12-13-29-14-26-28-18(29)5-2)24-11-10-16-6-8-17(9-7-16)20(21,22)23;/h6-9,14-15H,4-5,10-13H2,1-3H3,(H2,24,25,27);1H. The number of halogens is 4. The highest BCUT2D eigenvalue weighted by molar-refractivity contribution is 14.0. The lowest BCUT2D eigenvalue weighted by molar-refractivity contribution is -0.137. The van der Waals surface area contributed by atoms with Gasteiger partial charge in [-0.3, -0.25) is 4.99 Å². The van der Waals surface area contributed by atoms with Gasteiger partial charge in [-0.2, -0.15) is 13.2 Å². The topological polar surface area (TPSA) is 67.1 Å². The third kappa shape index (κ3) is 8.49. The van der Waals surface area contributed by atoms with Crippen LogP contribution in [0.2, 0.25) is 0 Å². The summed E-state index contributed by atoms with van der Waals surface area (Å²) >= 11 is 0. The highest BCUT2D eigenvalue weighted by Gasteiger charge is 2.29. The Morgan fingerprint density at radius 2 is 1.90 bits per heavy atom. The van der Waals surface area contributed by atoms with Crippen LogP contribution in [0, 0.1) is 0 Å². The molecule has 1 heterocycles. The Morgan fingerprint density at radius 1 is 1.20 bits per heavy atom. The lowest BCUT2D eigenvalue weighted by atomic mass is 10.1. The van der Waals surface area contributed by atoms with Crippen LogP contribution >= 0.6 is 24.0 Å². The molecular weight excluding hydrogens is 508 g/mol. The zero-order valence-electron chi connectivity index (χ0n) is 17.5. The fourth-order valence-electron chi connectivity index (χ4n) is 2.68. The van der Waals surface area contributed by atoms with Crippen LogP contribution in [0.4, 0.5) is 13.2 Å². The van der Waals surface area contributed by atoms with E-state index in [-0.39, 0.29) is 30.0 Å². The largest absolute Gasteiger partial charge is 0.416 e. The Kier molecular flexibility index (Phi) is 11.1. The van der Waals surface area contributed by atoms with Gasteiger partial charge in [-0.1, -0.05) is 26.0 Å². The number of guanidine groups is 1. The van der Waals surface area contributed by atoms with E-state index < -0.39 is 11.7 Å². The van der Waals surface area contributed by atoms with E-state index in [1.807, 2.05) is 11.5 Å². The molecule has 30 heavy (non-hydrogen) atoms. The second-order valence-corrected chi connectivity index (χ2v) is 6.85. The monoisotopic (exact) mass is 538 g/mol. The number of aromatic nitrogens is 3. The van der Waals surface area contributed by atoms with E-state index in [9.17, 15) is 13.2 Å². The molecule has 2 N–H and O–H groups in total. The third-order valence-corrected chi connectivity index (χ3v) is 4.60. The number of nitrogens with one attached hydrogen (secondary N) is 2. The van der Waals surface area contributed by atoms with Crippen molar-refractivity contribution in [2.75, 3.05) is 13.1 Å². The molecule has 1 aromatic carbocycles. The Hall–Kier alpha value is -1.85. The molecule has 0 amide bonds. The Morgan fingerprint density at radius 3 is 2.50 bits per heavy atom. The van der Waals surface area contributed by atoms with Gasteiger partial charge in [0.1, 0.15) is 12.2 Å². The predicted molar refractivity (Wildman–Crippen MR) is 123 cm³/mol. The fourth-order valence-corrected chi connectivity index (χ4v) is 2.68. The molecule has 1 atom stereocenters. The van der Waals surface area contributed by atoms with Gasteiger partial charge in [-0.25, -0.2) is 0 Å². The minimum Gasteiger partial charge on any atom is -0.355 e. The minimum atomic E-state index is -4.31. The first-order valence-corrected chi connectivity index (χ1v) is 9.91. The number of aliphatic imine (C=N–C) groups is 1. The first-order valence-electron chi connectivity index (χ1n) is 9.91. The molecule has 0 radical (unpaired) electrons. The van der Waals surface area contributed by atoms with Gasteiger partial charge in [0.15, 0.2) is 5.96 Å². The summed E-state index contributed by atoms with van der Waals surface area (Å²) in [6.07, 6.45) is -0.262. The first kappa shape index (κ1) is 26.2.